The number of thiocarbonyl (C=S) groups is 1. The maximum atomic E-state index is 11.5. The van der Waals surface area contributed by atoms with Gasteiger partial charge in [0.1, 0.15) is 0 Å². The molecule has 20 heavy (non-hydrogen) atoms. The van der Waals surface area contributed by atoms with E-state index in [0.29, 0.717) is 17.7 Å². The van der Waals surface area contributed by atoms with Crippen LogP contribution in [0.2, 0.25) is 0 Å². The van der Waals surface area contributed by atoms with Crippen molar-refractivity contribution >= 4 is 34.8 Å². The fourth-order valence-corrected chi connectivity index (χ4v) is 1.80. The van der Waals surface area contributed by atoms with E-state index in [1.807, 2.05) is 6.92 Å². The van der Waals surface area contributed by atoms with Crippen LogP contribution in [0.4, 0.5) is 5.69 Å². The van der Waals surface area contributed by atoms with E-state index in [9.17, 15) is 9.59 Å². The largest absolute Gasteiger partial charge is 0.355 e. The van der Waals surface area contributed by atoms with Crippen LogP contribution in [-0.4, -0.2) is 24.0 Å². The van der Waals surface area contributed by atoms with Crippen LogP contribution in [0.5, 0.6) is 0 Å². The Balaban J connectivity index is 2.57. The number of carbonyl (C=O) groups is 2. The van der Waals surface area contributed by atoms with Gasteiger partial charge in [-0.15, -0.1) is 0 Å². The number of rotatable bonds is 5. The molecule has 6 heteroatoms. The topological polar surface area (TPSA) is 70.2 Å². The van der Waals surface area contributed by atoms with Gasteiger partial charge in [-0.25, -0.2) is 0 Å². The van der Waals surface area contributed by atoms with Gasteiger partial charge in [-0.05, 0) is 36.8 Å². The predicted octanol–water partition coefficient (Wildman–Crippen LogP) is 2.05. The van der Waals surface area contributed by atoms with Crippen molar-refractivity contribution in [1.29, 1.82) is 0 Å². The van der Waals surface area contributed by atoms with Crippen molar-refractivity contribution in [3.05, 3.63) is 29.8 Å². The van der Waals surface area contributed by atoms with Gasteiger partial charge in [0.15, 0.2) is 5.11 Å². The van der Waals surface area contributed by atoms with Gasteiger partial charge in [-0.3, -0.25) is 9.59 Å². The molecule has 2 amide bonds. The lowest BCUT2D eigenvalue weighted by molar-refractivity contribution is -0.119. The number of anilines is 1. The summed E-state index contributed by atoms with van der Waals surface area (Å²) < 4.78 is 0. The van der Waals surface area contributed by atoms with E-state index >= 15 is 0 Å². The highest BCUT2D eigenvalue weighted by molar-refractivity contribution is 7.80. The van der Waals surface area contributed by atoms with Gasteiger partial charge < -0.3 is 16.0 Å². The van der Waals surface area contributed by atoms with Crippen LogP contribution in [0.15, 0.2) is 24.3 Å². The molecule has 0 unspecified atom stereocenters. The first-order chi connectivity index (χ1) is 9.56. The minimum absolute atomic E-state index is 0.105. The number of amides is 2. The average Bonchev–Trinajstić information content (AvgIpc) is 2.44. The highest BCUT2D eigenvalue weighted by Gasteiger charge is 2.06. The number of unbranched alkanes of at least 4 members (excludes halogenated alkanes) is 1. The van der Waals surface area contributed by atoms with E-state index in [4.69, 9.17) is 12.2 Å². The Kier molecular flexibility index (Phi) is 6.66. The molecule has 0 atom stereocenters. The van der Waals surface area contributed by atoms with Crippen molar-refractivity contribution in [2.75, 3.05) is 12.4 Å². The molecule has 0 heterocycles. The zero-order valence-electron chi connectivity index (χ0n) is 11.7. The van der Waals surface area contributed by atoms with Gasteiger partial charge in [-0.1, -0.05) is 19.4 Å². The first-order valence-corrected chi connectivity index (χ1v) is 6.90. The number of benzene rings is 1. The zero-order valence-corrected chi connectivity index (χ0v) is 12.5. The van der Waals surface area contributed by atoms with Crippen molar-refractivity contribution in [1.82, 2.24) is 10.6 Å². The summed E-state index contributed by atoms with van der Waals surface area (Å²) in [6, 6.07) is 6.89. The molecule has 0 fully saturated rings. The second-order valence-corrected chi connectivity index (χ2v) is 4.67. The summed E-state index contributed by atoms with van der Waals surface area (Å²) in [4.78, 5) is 23.0. The average molecular weight is 293 g/mol. The monoisotopic (exact) mass is 293 g/mol. The van der Waals surface area contributed by atoms with Crippen molar-refractivity contribution in [3.63, 3.8) is 0 Å². The van der Waals surface area contributed by atoms with Gasteiger partial charge in [0.25, 0.3) is 5.91 Å². The molecule has 1 aromatic carbocycles. The smallest absolute Gasteiger partial charge is 0.251 e. The third-order valence-corrected chi connectivity index (χ3v) is 2.82. The molecule has 0 saturated carbocycles. The summed E-state index contributed by atoms with van der Waals surface area (Å²) in [5, 5.41) is 8.28. The summed E-state index contributed by atoms with van der Waals surface area (Å²) in [5.74, 6) is -0.279. The van der Waals surface area contributed by atoms with E-state index in [2.05, 4.69) is 16.0 Å². The highest BCUT2D eigenvalue weighted by atomic mass is 32.1. The molecule has 0 spiro atoms. The van der Waals surface area contributed by atoms with Gasteiger partial charge in [-0.2, -0.15) is 0 Å². The lowest BCUT2D eigenvalue weighted by Gasteiger charge is -2.10. The van der Waals surface area contributed by atoms with Gasteiger partial charge >= 0.3 is 0 Å². The maximum absolute atomic E-state index is 11.5. The molecule has 0 radical (unpaired) electrons. The molecule has 108 valence electrons. The zero-order chi connectivity index (χ0) is 15.0. The van der Waals surface area contributed by atoms with Crippen molar-refractivity contribution < 1.29 is 9.59 Å². The van der Waals surface area contributed by atoms with Crippen LogP contribution in [0.1, 0.15) is 36.5 Å². The Hall–Kier alpha value is -1.95. The number of nitrogens with one attached hydrogen (secondary N) is 3. The summed E-state index contributed by atoms with van der Waals surface area (Å²) in [5.41, 5.74) is 1.18. The van der Waals surface area contributed by atoms with E-state index in [1.165, 1.54) is 0 Å². The summed E-state index contributed by atoms with van der Waals surface area (Å²) in [6.45, 7) is 2.02. The molecule has 5 nitrogen and oxygen atoms in total. The third-order valence-electron chi connectivity index (χ3n) is 2.62. The Bertz CT molecular complexity index is 503. The fraction of sp³-hybridized carbons (Fsp3) is 0.357. The van der Waals surface area contributed by atoms with Crippen LogP contribution in [0.25, 0.3) is 0 Å². The van der Waals surface area contributed by atoms with Gasteiger partial charge in [0.05, 0.1) is 0 Å². The summed E-state index contributed by atoms with van der Waals surface area (Å²) >= 11 is 5.06. The number of hydrogen-bond acceptors (Lipinski definition) is 3. The molecule has 0 aliphatic rings. The predicted molar refractivity (Wildman–Crippen MR) is 83.7 cm³/mol. The molecule has 0 aliphatic heterocycles. The van der Waals surface area contributed by atoms with Crippen LogP contribution in [0, 0.1) is 0 Å². The van der Waals surface area contributed by atoms with Crippen LogP contribution in [-0.2, 0) is 4.79 Å². The Morgan fingerprint density at radius 2 is 2.05 bits per heavy atom. The second kappa shape index (κ2) is 8.27. The van der Waals surface area contributed by atoms with E-state index in [0.717, 1.165) is 12.8 Å². The van der Waals surface area contributed by atoms with E-state index < -0.39 is 0 Å². The summed E-state index contributed by atoms with van der Waals surface area (Å²) in [6.07, 6.45) is 2.25. The first kappa shape index (κ1) is 16.1. The summed E-state index contributed by atoms with van der Waals surface area (Å²) in [7, 11) is 1.57. The van der Waals surface area contributed by atoms with Gasteiger partial charge in [0.2, 0.25) is 5.91 Å². The molecule has 1 rings (SSSR count). The number of hydrogen-bond donors (Lipinski definition) is 3. The third kappa shape index (κ3) is 5.36. The van der Waals surface area contributed by atoms with Crippen LogP contribution >= 0.6 is 12.2 Å². The molecule has 1 aromatic rings. The Morgan fingerprint density at radius 1 is 1.30 bits per heavy atom. The molecule has 0 bridgehead atoms. The minimum Gasteiger partial charge on any atom is -0.355 e. The Labute approximate surface area is 124 Å². The molecule has 0 aliphatic carbocycles. The normalized spacial score (nSPS) is 9.70. The van der Waals surface area contributed by atoms with Crippen molar-refractivity contribution in [2.45, 2.75) is 26.2 Å². The minimum atomic E-state index is -0.174. The molecule has 0 aromatic heterocycles. The maximum Gasteiger partial charge on any atom is 0.251 e. The molecular weight excluding hydrogens is 274 g/mol. The van der Waals surface area contributed by atoms with Crippen LogP contribution in [0.3, 0.4) is 0 Å². The standard InChI is InChI=1S/C14H19N3O2S/c1-3-4-8-12(18)17-14(20)16-11-7-5-6-10(9-11)13(19)15-2/h5-7,9H,3-4,8H2,1-2H3,(H,15,19)(H2,16,17,18,20). The van der Waals surface area contributed by atoms with E-state index in [1.54, 1.807) is 31.3 Å². The quantitative estimate of drug-likeness (QED) is 0.727. The lowest BCUT2D eigenvalue weighted by Crippen LogP contribution is -2.34. The molecule has 3 N–H and O–H groups in total. The van der Waals surface area contributed by atoms with Gasteiger partial charge in [0, 0.05) is 24.7 Å². The molecule has 0 saturated heterocycles. The fourth-order valence-electron chi connectivity index (χ4n) is 1.57. The Morgan fingerprint density at radius 3 is 2.70 bits per heavy atom. The second-order valence-electron chi connectivity index (χ2n) is 4.27. The highest BCUT2D eigenvalue weighted by Crippen LogP contribution is 2.10. The SMILES string of the molecule is CCCCC(=O)NC(=S)Nc1cccc(C(=O)NC)c1. The first-order valence-electron chi connectivity index (χ1n) is 6.49. The number of carbonyl (C=O) groups excluding carboxylic acids is 2. The van der Waals surface area contributed by atoms with Crippen LogP contribution < -0.4 is 16.0 Å². The van der Waals surface area contributed by atoms with Crippen molar-refractivity contribution in [2.24, 2.45) is 0 Å². The van der Waals surface area contributed by atoms with E-state index in [-0.39, 0.29) is 16.9 Å². The lowest BCUT2D eigenvalue weighted by atomic mass is 10.2. The molecular formula is C14H19N3O2S. The van der Waals surface area contributed by atoms with Crippen molar-refractivity contribution in [3.8, 4) is 0 Å².